The van der Waals surface area contributed by atoms with Crippen LogP contribution >= 0.6 is 0 Å². The molecule has 0 radical (unpaired) electrons. The molecule has 1 N–H and O–H groups in total. The highest BCUT2D eigenvalue weighted by atomic mass is 16.4. The third-order valence-electron chi connectivity index (χ3n) is 4.06. The first-order chi connectivity index (χ1) is 10.2. The zero-order valence-electron chi connectivity index (χ0n) is 12.1. The number of hydrogen-bond acceptors (Lipinski definition) is 1. The van der Waals surface area contributed by atoms with E-state index in [2.05, 4.69) is 37.3 Å². The molecule has 2 aromatic carbocycles. The summed E-state index contributed by atoms with van der Waals surface area (Å²) in [6, 6.07) is 14.0. The molecule has 1 aliphatic carbocycles. The number of hydrogen-bond donors (Lipinski definition) is 1. The normalized spacial score (nSPS) is 13.5. The van der Waals surface area contributed by atoms with Crippen molar-refractivity contribution in [2.45, 2.75) is 26.2 Å². The maximum Gasteiger partial charge on any atom is 0.335 e. The van der Waals surface area contributed by atoms with E-state index < -0.39 is 5.97 Å². The van der Waals surface area contributed by atoms with Crippen LogP contribution in [0.15, 0.2) is 48.5 Å². The molecule has 0 saturated carbocycles. The molecule has 0 bridgehead atoms. The van der Waals surface area contributed by atoms with Crippen LogP contribution < -0.4 is 0 Å². The zero-order chi connectivity index (χ0) is 14.8. The van der Waals surface area contributed by atoms with Crippen molar-refractivity contribution in [1.82, 2.24) is 0 Å². The Balaban J connectivity index is 2.11. The van der Waals surface area contributed by atoms with Crippen molar-refractivity contribution in [2.75, 3.05) is 0 Å². The SMILES string of the molecule is CCc1cccc(C2=CCCc3ccc(C(=O)O)cc32)c1. The average molecular weight is 278 g/mol. The zero-order valence-corrected chi connectivity index (χ0v) is 12.1. The fraction of sp³-hybridized carbons (Fsp3) is 0.211. The summed E-state index contributed by atoms with van der Waals surface area (Å²) in [7, 11) is 0. The molecule has 0 fully saturated rings. The summed E-state index contributed by atoms with van der Waals surface area (Å²) in [6.45, 7) is 2.14. The molecule has 0 spiro atoms. The smallest absolute Gasteiger partial charge is 0.335 e. The molecule has 1 aliphatic rings. The van der Waals surface area contributed by atoms with Crippen molar-refractivity contribution in [1.29, 1.82) is 0 Å². The van der Waals surface area contributed by atoms with Gasteiger partial charge in [0.15, 0.2) is 0 Å². The topological polar surface area (TPSA) is 37.3 Å². The number of rotatable bonds is 3. The third-order valence-corrected chi connectivity index (χ3v) is 4.06. The maximum atomic E-state index is 11.2. The summed E-state index contributed by atoms with van der Waals surface area (Å²) in [4.78, 5) is 11.2. The lowest BCUT2D eigenvalue weighted by atomic mass is 9.85. The first-order valence-corrected chi connectivity index (χ1v) is 7.35. The summed E-state index contributed by atoms with van der Waals surface area (Å²) in [5.74, 6) is -0.870. The summed E-state index contributed by atoms with van der Waals surface area (Å²) in [6.07, 6.45) is 5.21. The van der Waals surface area contributed by atoms with Gasteiger partial charge in [-0.25, -0.2) is 4.79 Å². The molecule has 0 saturated heterocycles. The lowest BCUT2D eigenvalue weighted by molar-refractivity contribution is 0.0697. The summed E-state index contributed by atoms with van der Waals surface area (Å²) in [5.41, 5.74) is 6.30. The van der Waals surface area contributed by atoms with Crippen molar-refractivity contribution in [2.24, 2.45) is 0 Å². The minimum Gasteiger partial charge on any atom is -0.478 e. The number of aromatic carboxylic acids is 1. The molecule has 0 aliphatic heterocycles. The Labute approximate surface area is 124 Å². The largest absolute Gasteiger partial charge is 0.478 e. The van der Waals surface area contributed by atoms with Crippen LogP contribution in [0.2, 0.25) is 0 Å². The highest BCUT2D eigenvalue weighted by Crippen LogP contribution is 2.32. The second kappa shape index (κ2) is 5.57. The highest BCUT2D eigenvalue weighted by molar-refractivity contribution is 5.91. The van der Waals surface area contributed by atoms with Gasteiger partial charge in [0, 0.05) is 0 Å². The average Bonchev–Trinajstić information content (AvgIpc) is 2.53. The van der Waals surface area contributed by atoms with Crippen LogP contribution in [-0.2, 0) is 12.8 Å². The van der Waals surface area contributed by atoms with E-state index in [-0.39, 0.29) is 0 Å². The van der Waals surface area contributed by atoms with Gasteiger partial charge in [-0.2, -0.15) is 0 Å². The minimum absolute atomic E-state index is 0.355. The van der Waals surface area contributed by atoms with Crippen LogP contribution in [0, 0.1) is 0 Å². The van der Waals surface area contributed by atoms with Crippen molar-refractivity contribution in [3.8, 4) is 0 Å². The van der Waals surface area contributed by atoms with Crippen molar-refractivity contribution in [3.63, 3.8) is 0 Å². The van der Waals surface area contributed by atoms with E-state index in [1.54, 1.807) is 12.1 Å². The van der Waals surface area contributed by atoms with Crippen LogP contribution in [-0.4, -0.2) is 11.1 Å². The van der Waals surface area contributed by atoms with Crippen molar-refractivity contribution >= 4 is 11.5 Å². The first kappa shape index (κ1) is 13.6. The van der Waals surface area contributed by atoms with Crippen LogP contribution in [0.5, 0.6) is 0 Å². The van der Waals surface area contributed by atoms with Gasteiger partial charge < -0.3 is 5.11 Å². The van der Waals surface area contributed by atoms with E-state index in [1.165, 1.54) is 16.7 Å². The molecule has 0 amide bonds. The molecule has 3 rings (SSSR count). The Kier molecular flexibility index (Phi) is 3.61. The Morgan fingerprint density at radius 2 is 2.05 bits per heavy atom. The van der Waals surface area contributed by atoms with Crippen LogP contribution in [0.3, 0.4) is 0 Å². The molecule has 21 heavy (non-hydrogen) atoms. The Morgan fingerprint density at radius 3 is 2.81 bits per heavy atom. The predicted molar refractivity (Wildman–Crippen MR) is 84.6 cm³/mol. The minimum atomic E-state index is -0.870. The molecule has 2 nitrogen and oxygen atoms in total. The van der Waals surface area contributed by atoms with Gasteiger partial charge in [-0.1, -0.05) is 43.3 Å². The van der Waals surface area contributed by atoms with Gasteiger partial charge in [0.1, 0.15) is 0 Å². The molecule has 106 valence electrons. The van der Waals surface area contributed by atoms with Crippen molar-refractivity contribution in [3.05, 3.63) is 76.4 Å². The van der Waals surface area contributed by atoms with Gasteiger partial charge in [-0.3, -0.25) is 0 Å². The Hall–Kier alpha value is -2.35. The molecule has 0 unspecified atom stereocenters. The first-order valence-electron chi connectivity index (χ1n) is 7.35. The number of benzene rings is 2. The van der Waals surface area contributed by atoms with Gasteiger partial charge in [0.05, 0.1) is 5.56 Å². The van der Waals surface area contributed by atoms with E-state index in [4.69, 9.17) is 0 Å². The number of allylic oxidation sites excluding steroid dienone is 1. The van der Waals surface area contributed by atoms with E-state index in [9.17, 15) is 9.90 Å². The lowest BCUT2D eigenvalue weighted by Gasteiger charge is -2.19. The van der Waals surface area contributed by atoms with E-state index in [1.807, 2.05) is 6.07 Å². The van der Waals surface area contributed by atoms with Crippen LogP contribution in [0.4, 0.5) is 0 Å². The van der Waals surface area contributed by atoms with Gasteiger partial charge in [-0.15, -0.1) is 0 Å². The molecular weight excluding hydrogens is 260 g/mol. The molecular formula is C19H18O2. The predicted octanol–water partition coefficient (Wildman–Crippen LogP) is 4.33. The molecule has 2 heteroatoms. The standard InChI is InChI=1S/C19H18O2/c1-2-13-5-3-7-15(11-13)17-8-4-6-14-9-10-16(19(20)21)12-18(14)17/h3,5,7-12H,2,4,6H2,1H3,(H,20,21). The number of fused-ring (bicyclic) bond motifs is 1. The van der Waals surface area contributed by atoms with Crippen molar-refractivity contribution < 1.29 is 9.90 Å². The fourth-order valence-electron chi connectivity index (χ4n) is 2.89. The second-order valence-electron chi connectivity index (χ2n) is 5.39. The van der Waals surface area contributed by atoms with Gasteiger partial charge in [0.2, 0.25) is 0 Å². The second-order valence-corrected chi connectivity index (χ2v) is 5.39. The molecule has 0 atom stereocenters. The third kappa shape index (κ3) is 2.62. The number of carbonyl (C=O) groups is 1. The monoisotopic (exact) mass is 278 g/mol. The van der Waals surface area contributed by atoms with Crippen LogP contribution in [0.1, 0.15) is 46.0 Å². The fourth-order valence-corrected chi connectivity index (χ4v) is 2.89. The van der Waals surface area contributed by atoms with Gasteiger partial charge in [-0.05, 0) is 59.2 Å². The number of carboxylic acid groups (broad SMARTS) is 1. The Morgan fingerprint density at radius 1 is 1.19 bits per heavy atom. The van der Waals surface area contributed by atoms with E-state index in [0.717, 1.165) is 30.4 Å². The molecule has 0 heterocycles. The molecule has 2 aromatic rings. The maximum absolute atomic E-state index is 11.2. The van der Waals surface area contributed by atoms with E-state index >= 15 is 0 Å². The highest BCUT2D eigenvalue weighted by Gasteiger charge is 2.16. The van der Waals surface area contributed by atoms with Gasteiger partial charge >= 0.3 is 5.97 Å². The molecule has 0 aromatic heterocycles. The Bertz CT molecular complexity index is 726. The van der Waals surface area contributed by atoms with Crippen LogP contribution in [0.25, 0.3) is 5.57 Å². The van der Waals surface area contributed by atoms with Gasteiger partial charge in [0.25, 0.3) is 0 Å². The lowest BCUT2D eigenvalue weighted by Crippen LogP contribution is -2.05. The quantitative estimate of drug-likeness (QED) is 0.907. The van der Waals surface area contributed by atoms with E-state index in [0.29, 0.717) is 5.56 Å². The summed E-state index contributed by atoms with van der Waals surface area (Å²) >= 11 is 0. The summed E-state index contributed by atoms with van der Waals surface area (Å²) < 4.78 is 0. The number of aryl methyl sites for hydroxylation is 2. The summed E-state index contributed by atoms with van der Waals surface area (Å²) in [5, 5.41) is 9.21. The number of carboxylic acids is 1.